The highest BCUT2D eigenvalue weighted by Crippen LogP contribution is 2.25. The molecular weight excluding hydrogens is 390 g/mol. The quantitative estimate of drug-likeness (QED) is 0.452. The van der Waals surface area contributed by atoms with E-state index in [1.54, 1.807) is 31.2 Å². The molecule has 0 fully saturated rings. The Balaban J connectivity index is 1.84. The molecule has 0 unspecified atom stereocenters. The normalized spacial score (nSPS) is 10.1. The number of ether oxygens (including phenoxy) is 1. The molecule has 0 spiro atoms. The first-order chi connectivity index (χ1) is 13.0. The number of carbonyl (C=O) groups is 3. The third kappa shape index (κ3) is 6.87. The summed E-state index contributed by atoms with van der Waals surface area (Å²) < 4.78 is 5.29. The summed E-state index contributed by atoms with van der Waals surface area (Å²) in [5, 5.41) is 15.9. The monoisotopic (exact) mass is 409 g/mol. The van der Waals surface area contributed by atoms with Crippen molar-refractivity contribution in [2.45, 2.75) is 18.2 Å². The van der Waals surface area contributed by atoms with Gasteiger partial charge in [-0.3, -0.25) is 14.9 Å². The van der Waals surface area contributed by atoms with Crippen molar-refractivity contribution in [1.82, 2.24) is 15.5 Å². The lowest BCUT2D eigenvalue weighted by Crippen LogP contribution is -2.23. The first-order valence-electron chi connectivity index (χ1n) is 8.10. The number of benzene rings is 1. The Morgan fingerprint density at radius 3 is 2.74 bits per heavy atom. The van der Waals surface area contributed by atoms with Gasteiger partial charge in [-0.15, -0.1) is 10.2 Å². The summed E-state index contributed by atoms with van der Waals surface area (Å²) >= 11 is 2.33. The second-order valence-electron chi connectivity index (χ2n) is 5.00. The molecule has 0 bridgehead atoms. The molecule has 0 saturated carbocycles. The van der Waals surface area contributed by atoms with Crippen molar-refractivity contribution >= 4 is 51.8 Å². The molecule has 27 heavy (non-hydrogen) atoms. The molecule has 11 heteroatoms. The van der Waals surface area contributed by atoms with Gasteiger partial charge in [0, 0.05) is 17.8 Å². The van der Waals surface area contributed by atoms with Gasteiger partial charge in [-0.1, -0.05) is 29.2 Å². The average molecular weight is 409 g/mol. The zero-order valence-corrected chi connectivity index (χ0v) is 16.4. The number of amides is 3. The van der Waals surface area contributed by atoms with E-state index in [1.165, 1.54) is 11.8 Å². The number of carbonyl (C=O) groups excluding carboxylic acids is 3. The molecule has 2 rings (SSSR count). The first kappa shape index (κ1) is 20.6. The standard InChI is InChI=1S/C16H19N5O4S2/c1-3-17-13(23)10-6-5-7-11(8-10)18-12(22)9-26-16-21-20-14(27-16)19-15(24)25-4-2/h5-8H,3-4,9H2,1-2H3,(H,17,23)(H,18,22)(H,19,20,24). The molecule has 2 aromatic rings. The predicted molar refractivity (Wildman–Crippen MR) is 104 cm³/mol. The van der Waals surface area contributed by atoms with E-state index in [0.717, 1.165) is 11.3 Å². The fourth-order valence-corrected chi connectivity index (χ4v) is 3.44. The van der Waals surface area contributed by atoms with Gasteiger partial charge >= 0.3 is 6.09 Å². The smallest absolute Gasteiger partial charge is 0.413 e. The molecule has 1 heterocycles. The minimum Gasteiger partial charge on any atom is -0.450 e. The predicted octanol–water partition coefficient (Wildman–Crippen LogP) is 2.59. The lowest BCUT2D eigenvalue weighted by molar-refractivity contribution is -0.113. The molecule has 1 aromatic heterocycles. The molecule has 0 atom stereocenters. The highest BCUT2D eigenvalue weighted by molar-refractivity contribution is 8.01. The van der Waals surface area contributed by atoms with Gasteiger partial charge in [-0.05, 0) is 32.0 Å². The van der Waals surface area contributed by atoms with E-state index in [2.05, 4.69) is 26.1 Å². The van der Waals surface area contributed by atoms with Gasteiger partial charge < -0.3 is 15.4 Å². The number of rotatable bonds is 8. The van der Waals surface area contributed by atoms with Crippen LogP contribution < -0.4 is 16.0 Å². The number of nitrogens with zero attached hydrogens (tertiary/aromatic N) is 2. The summed E-state index contributed by atoms with van der Waals surface area (Å²) in [6.45, 7) is 4.32. The van der Waals surface area contributed by atoms with Crippen LogP contribution in [0.25, 0.3) is 0 Å². The average Bonchev–Trinajstić information content (AvgIpc) is 3.08. The van der Waals surface area contributed by atoms with Gasteiger partial charge in [0.25, 0.3) is 5.91 Å². The summed E-state index contributed by atoms with van der Waals surface area (Å²) in [5.74, 6) is -0.332. The Labute approximate surface area is 164 Å². The van der Waals surface area contributed by atoms with E-state index in [4.69, 9.17) is 4.74 Å². The van der Waals surface area contributed by atoms with Gasteiger partial charge in [0.1, 0.15) is 0 Å². The Morgan fingerprint density at radius 2 is 2.00 bits per heavy atom. The lowest BCUT2D eigenvalue weighted by atomic mass is 10.2. The number of nitrogens with one attached hydrogen (secondary N) is 3. The summed E-state index contributed by atoms with van der Waals surface area (Å²) in [5.41, 5.74) is 1.01. The van der Waals surface area contributed by atoms with Crippen LogP contribution >= 0.6 is 23.1 Å². The third-order valence-electron chi connectivity index (χ3n) is 2.96. The van der Waals surface area contributed by atoms with Crippen LogP contribution in [0.3, 0.4) is 0 Å². The zero-order valence-electron chi connectivity index (χ0n) is 14.8. The van der Waals surface area contributed by atoms with Crippen molar-refractivity contribution in [3.8, 4) is 0 Å². The van der Waals surface area contributed by atoms with E-state index in [9.17, 15) is 14.4 Å². The van der Waals surface area contributed by atoms with Crippen LogP contribution in [0.15, 0.2) is 28.6 Å². The minimum atomic E-state index is -0.602. The van der Waals surface area contributed by atoms with E-state index < -0.39 is 6.09 Å². The second-order valence-corrected chi connectivity index (χ2v) is 7.20. The minimum absolute atomic E-state index is 0.111. The molecule has 144 valence electrons. The van der Waals surface area contributed by atoms with E-state index >= 15 is 0 Å². The zero-order chi connectivity index (χ0) is 19.6. The summed E-state index contributed by atoms with van der Waals surface area (Å²) in [6.07, 6.45) is -0.602. The van der Waals surface area contributed by atoms with Crippen molar-refractivity contribution < 1.29 is 19.1 Å². The van der Waals surface area contributed by atoms with Crippen LogP contribution in [0.5, 0.6) is 0 Å². The van der Waals surface area contributed by atoms with Crippen molar-refractivity contribution in [3.63, 3.8) is 0 Å². The number of aromatic nitrogens is 2. The van der Waals surface area contributed by atoms with Crippen molar-refractivity contribution in [2.75, 3.05) is 29.5 Å². The van der Waals surface area contributed by atoms with Gasteiger partial charge in [-0.25, -0.2) is 4.79 Å². The largest absolute Gasteiger partial charge is 0.450 e. The van der Waals surface area contributed by atoms with Gasteiger partial charge in [0.15, 0.2) is 4.34 Å². The van der Waals surface area contributed by atoms with Crippen LogP contribution in [-0.2, 0) is 9.53 Å². The molecule has 0 saturated heterocycles. The maximum Gasteiger partial charge on any atom is 0.413 e. The molecule has 3 amide bonds. The molecule has 0 aliphatic rings. The SMILES string of the molecule is CCNC(=O)c1cccc(NC(=O)CSc2nnc(NC(=O)OCC)s2)c1. The molecule has 3 N–H and O–H groups in total. The number of hydrogen-bond donors (Lipinski definition) is 3. The topological polar surface area (TPSA) is 122 Å². The molecular formula is C16H19N5O4S2. The number of thioether (sulfide) groups is 1. The highest BCUT2D eigenvalue weighted by atomic mass is 32.2. The number of anilines is 2. The summed E-state index contributed by atoms with van der Waals surface area (Å²) in [7, 11) is 0. The van der Waals surface area contributed by atoms with Crippen LogP contribution in [0, 0.1) is 0 Å². The molecule has 1 aromatic carbocycles. The Morgan fingerprint density at radius 1 is 1.19 bits per heavy atom. The Hall–Kier alpha value is -2.66. The fraction of sp³-hybridized carbons (Fsp3) is 0.312. The van der Waals surface area contributed by atoms with Crippen LogP contribution in [0.4, 0.5) is 15.6 Å². The highest BCUT2D eigenvalue weighted by Gasteiger charge is 2.12. The van der Waals surface area contributed by atoms with Crippen LogP contribution in [0.1, 0.15) is 24.2 Å². The first-order valence-corrected chi connectivity index (χ1v) is 9.90. The Bertz CT molecular complexity index is 812. The van der Waals surface area contributed by atoms with Crippen molar-refractivity contribution in [1.29, 1.82) is 0 Å². The summed E-state index contributed by atoms with van der Waals surface area (Å²) in [4.78, 5) is 35.2. The second kappa shape index (κ2) is 10.5. The Kier molecular flexibility index (Phi) is 8.01. The van der Waals surface area contributed by atoms with Gasteiger partial charge in [-0.2, -0.15) is 0 Å². The van der Waals surface area contributed by atoms with Crippen molar-refractivity contribution in [2.24, 2.45) is 0 Å². The summed E-state index contributed by atoms with van der Waals surface area (Å²) in [6, 6.07) is 6.69. The van der Waals surface area contributed by atoms with Crippen molar-refractivity contribution in [3.05, 3.63) is 29.8 Å². The lowest BCUT2D eigenvalue weighted by Gasteiger charge is -2.07. The molecule has 0 radical (unpaired) electrons. The third-order valence-corrected chi connectivity index (χ3v) is 4.94. The van der Waals surface area contributed by atoms with E-state index in [-0.39, 0.29) is 24.2 Å². The molecule has 9 nitrogen and oxygen atoms in total. The van der Waals surface area contributed by atoms with E-state index in [0.29, 0.717) is 27.3 Å². The van der Waals surface area contributed by atoms with E-state index in [1.807, 2.05) is 6.92 Å². The maximum atomic E-state index is 12.1. The fourth-order valence-electron chi connectivity index (χ4n) is 1.90. The van der Waals surface area contributed by atoms with Gasteiger partial charge in [0.2, 0.25) is 11.0 Å². The van der Waals surface area contributed by atoms with Crippen LogP contribution in [-0.4, -0.2) is 47.0 Å². The number of hydrogen-bond acceptors (Lipinski definition) is 8. The maximum absolute atomic E-state index is 12.1. The van der Waals surface area contributed by atoms with Crippen LogP contribution in [0.2, 0.25) is 0 Å². The molecule has 0 aliphatic carbocycles. The molecule has 0 aliphatic heterocycles. The van der Waals surface area contributed by atoms with Gasteiger partial charge in [0.05, 0.1) is 12.4 Å².